The Morgan fingerprint density at radius 3 is 2.52 bits per heavy atom. The minimum Gasteiger partial charge on any atom is -0.352 e. The summed E-state index contributed by atoms with van der Waals surface area (Å²) in [5.74, 6) is -0.210. The lowest BCUT2D eigenvalue weighted by molar-refractivity contribution is -0.126. The molecule has 0 saturated carbocycles. The van der Waals surface area contributed by atoms with Crippen LogP contribution in [-0.2, 0) is 27.9 Å². The van der Waals surface area contributed by atoms with Crippen LogP contribution < -0.4 is 5.32 Å². The molecule has 27 heavy (non-hydrogen) atoms. The Kier molecular flexibility index (Phi) is 6.89. The minimum absolute atomic E-state index is 0.0398. The van der Waals surface area contributed by atoms with E-state index in [4.69, 9.17) is 0 Å². The van der Waals surface area contributed by atoms with Gasteiger partial charge in [-0.05, 0) is 56.8 Å². The molecule has 1 amide bonds. The van der Waals surface area contributed by atoms with Crippen molar-refractivity contribution in [1.29, 1.82) is 0 Å². The van der Waals surface area contributed by atoms with Crippen molar-refractivity contribution >= 4 is 15.9 Å². The van der Waals surface area contributed by atoms with Crippen molar-refractivity contribution in [2.45, 2.75) is 45.7 Å². The molecule has 1 aromatic rings. The molecular weight excluding hydrogens is 362 g/mol. The first kappa shape index (κ1) is 20.3. The van der Waals surface area contributed by atoms with Gasteiger partial charge >= 0.3 is 0 Å². The van der Waals surface area contributed by atoms with E-state index in [9.17, 15) is 13.2 Å². The number of piperidine rings is 1. The van der Waals surface area contributed by atoms with Gasteiger partial charge in [0, 0.05) is 26.2 Å². The molecule has 2 saturated heterocycles. The van der Waals surface area contributed by atoms with E-state index in [2.05, 4.69) is 22.3 Å². The number of nitrogens with one attached hydrogen (secondary N) is 1. The number of hydrogen-bond donors (Lipinski definition) is 1. The van der Waals surface area contributed by atoms with Gasteiger partial charge in [0.05, 0.1) is 11.7 Å². The number of rotatable bonds is 7. The Hall–Kier alpha value is -1.44. The standard InChI is InChI=1S/C20H31N3O3S/c1-2-27(25,26)23-13-7-10-19(16-23)20(24)21-14-17-8-3-4-9-18(17)15-22-11-5-6-12-22/h3-4,8-9,19H,2,5-7,10-16H2,1H3,(H,21,24). The summed E-state index contributed by atoms with van der Waals surface area (Å²) in [5, 5.41) is 3.05. The molecule has 3 rings (SSSR count). The highest BCUT2D eigenvalue weighted by Gasteiger charge is 2.31. The first-order chi connectivity index (χ1) is 13.0. The normalized spacial score (nSPS) is 22.0. The van der Waals surface area contributed by atoms with Crippen molar-refractivity contribution in [2.24, 2.45) is 5.92 Å². The van der Waals surface area contributed by atoms with E-state index in [1.54, 1.807) is 6.92 Å². The predicted octanol–water partition coefficient (Wildman–Crippen LogP) is 1.96. The fourth-order valence-electron chi connectivity index (χ4n) is 3.98. The smallest absolute Gasteiger partial charge is 0.224 e. The van der Waals surface area contributed by atoms with E-state index in [1.807, 2.05) is 12.1 Å². The van der Waals surface area contributed by atoms with Crippen LogP contribution in [-0.4, -0.2) is 55.5 Å². The van der Waals surface area contributed by atoms with Gasteiger partial charge in [-0.3, -0.25) is 9.69 Å². The monoisotopic (exact) mass is 393 g/mol. The summed E-state index contributed by atoms with van der Waals surface area (Å²) in [6.45, 7) is 6.19. The van der Waals surface area contributed by atoms with Gasteiger partial charge in [0.2, 0.25) is 15.9 Å². The number of hydrogen-bond acceptors (Lipinski definition) is 4. The first-order valence-corrected chi connectivity index (χ1v) is 11.6. The van der Waals surface area contributed by atoms with Crippen molar-refractivity contribution in [3.63, 3.8) is 0 Å². The molecule has 2 aliphatic heterocycles. The lowest BCUT2D eigenvalue weighted by atomic mass is 9.98. The molecule has 6 nitrogen and oxygen atoms in total. The number of amides is 1. The average molecular weight is 394 g/mol. The molecular formula is C20H31N3O3S. The SMILES string of the molecule is CCS(=O)(=O)N1CCCC(C(=O)NCc2ccccc2CN2CCCC2)C1. The molecule has 0 radical (unpaired) electrons. The Morgan fingerprint density at radius 1 is 1.11 bits per heavy atom. The summed E-state index contributed by atoms with van der Waals surface area (Å²) in [4.78, 5) is 15.1. The van der Waals surface area contributed by atoms with Gasteiger partial charge in [-0.2, -0.15) is 0 Å². The van der Waals surface area contributed by atoms with Gasteiger partial charge in [-0.15, -0.1) is 0 Å². The zero-order chi connectivity index (χ0) is 19.3. The second kappa shape index (κ2) is 9.17. The van der Waals surface area contributed by atoms with Crippen molar-refractivity contribution in [1.82, 2.24) is 14.5 Å². The highest BCUT2D eigenvalue weighted by atomic mass is 32.2. The average Bonchev–Trinajstić information content (AvgIpc) is 3.20. The molecule has 0 bridgehead atoms. The van der Waals surface area contributed by atoms with Crippen LogP contribution in [0.1, 0.15) is 43.7 Å². The molecule has 0 aliphatic carbocycles. The number of nitrogens with zero attached hydrogens (tertiary/aromatic N) is 2. The number of likely N-dealkylation sites (tertiary alicyclic amines) is 1. The van der Waals surface area contributed by atoms with E-state index >= 15 is 0 Å². The molecule has 1 aromatic carbocycles. The van der Waals surface area contributed by atoms with E-state index in [-0.39, 0.29) is 17.6 Å². The molecule has 1 unspecified atom stereocenters. The molecule has 1 N–H and O–H groups in total. The van der Waals surface area contributed by atoms with Crippen LogP contribution in [0.2, 0.25) is 0 Å². The Bertz CT molecular complexity index is 745. The van der Waals surface area contributed by atoms with E-state index in [0.29, 0.717) is 19.6 Å². The van der Waals surface area contributed by atoms with Crippen molar-refractivity contribution < 1.29 is 13.2 Å². The number of carbonyl (C=O) groups is 1. The van der Waals surface area contributed by atoms with Crippen LogP contribution in [0.25, 0.3) is 0 Å². The van der Waals surface area contributed by atoms with Crippen molar-refractivity contribution in [3.05, 3.63) is 35.4 Å². The van der Waals surface area contributed by atoms with Crippen LogP contribution in [0.5, 0.6) is 0 Å². The summed E-state index contributed by atoms with van der Waals surface area (Å²) < 4.78 is 25.7. The molecule has 0 aromatic heterocycles. The summed E-state index contributed by atoms with van der Waals surface area (Å²) in [6, 6.07) is 8.26. The Morgan fingerprint density at radius 2 is 1.81 bits per heavy atom. The zero-order valence-corrected chi connectivity index (χ0v) is 17.0. The highest BCUT2D eigenvalue weighted by Crippen LogP contribution is 2.20. The zero-order valence-electron chi connectivity index (χ0n) is 16.2. The van der Waals surface area contributed by atoms with Crippen LogP contribution in [0.4, 0.5) is 0 Å². The first-order valence-electron chi connectivity index (χ1n) is 10.0. The fraction of sp³-hybridized carbons (Fsp3) is 0.650. The maximum Gasteiger partial charge on any atom is 0.224 e. The molecule has 1 atom stereocenters. The minimum atomic E-state index is -3.23. The number of sulfonamides is 1. The van der Waals surface area contributed by atoms with E-state index in [1.165, 1.54) is 22.7 Å². The van der Waals surface area contributed by atoms with Gasteiger partial charge in [0.1, 0.15) is 0 Å². The van der Waals surface area contributed by atoms with Crippen LogP contribution in [0.15, 0.2) is 24.3 Å². The van der Waals surface area contributed by atoms with Crippen molar-refractivity contribution in [2.75, 3.05) is 31.9 Å². The lowest BCUT2D eigenvalue weighted by Gasteiger charge is -2.31. The van der Waals surface area contributed by atoms with E-state index < -0.39 is 10.0 Å². The molecule has 2 heterocycles. The van der Waals surface area contributed by atoms with Gasteiger partial charge < -0.3 is 5.32 Å². The molecule has 0 spiro atoms. The van der Waals surface area contributed by atoms with Crippen molar-refractivity contribution in [3.8, 4) is 0 Å². The molecule has 7 heteroatoms. The third kappa shape index (κ3) is 5.30. The lowest BCUT2D eigenvalue weighted by Crippen LogP contribution is -2.45. The van der Waals surface area contributed by atoms with Gasteiger partial charge in [-0.25, -0.2) is 12.7 Å². The second-order valence-corrected chi connectivity index (χ2v) is 9.83. The molecule has 2 aliphatic rings. The fourth-order valence-corrected chi connectivity index (χ4v) is 5.16. The second-order valence-electron chi connectivity index (χ2n) is 7.57. The van der Waals surface area contributed by atoms with Gasteiger partial charge in [0.25, 0.3) is 0 Å². The number of carbonyl (C=O) groups excluding carboxylic acids is 1. The van der Waals surface area contributed by atoms with Gasteiger partial charge in [0.15, 0.2) is 0 Å². The quantitative estimate of drug-likeness (QED) is 0.769. The maximum absolute atomic E-state index is 12.6. The molecule has 150 valence electrons. The largest absolute Gasteiger partial charge is 0.352 e. The Labute approximate surface area is 163 Å². The summed E-state index contributed by atoms with van der Waals surface area (Å²) >= 11 is 0. The third-order valence-electron chi connectivity index (χ3n) is 5.68. The van der Waals surface area contributed by atoms with Gasteiger partial charge in [-0.1, -0.05) is 24.3 Å². The predicted molar refractivity (Wildman–Crippen MR) is 107 cm³/mol. The number of benzene rings is 1. The summed E-state index contributed by atoms with van der Waals surface area (Å²) in [6.07, 6.45) is 4.01. The Balaban J connectivity index is 1.57. The van der Waals surface area contributed by atoms with E-state index in [0.717, 1.165) is 38.0 Å². The van der Waals surface area contributed by atoms with Crippen LogP contribution >= 0.6 is 0 Å². The third-order valence-corrected chi connectivity index (χ3v) is 7.53. The molecule has 2 fully saturated rings. The highest BCUT2D eigenvalue weighted by molar-refractivity contribution is 7.89. The maximum atomic E-state index is 12.6. The summed E-state index contributed by atoms with van der Waals surface area (Å²) in [5.41, 5.74) is 2.41. The van der Waals surface area contributed by atoms with Crippen LogP contribution in [0.3, 0.4) is 0 Å². The topological polar surface area (TPSA) is 69.7 Å². The summed E-state index contributed by atoms with van der Waals surface area (Å²) in [7, 11) is -3.23. The van der Waals surface area contributed by atoms with Crippen LogP contribution in [0, 0.1) is 5.92 Å².